The van der Waals surface area contributed by atoms with Gasteiger partial charge in [0.05, 0.1) is 11.5 Å². The molecule has 4 atom stereocenters. The topological polar surface area (TPSA) is 63.4 Å². The Morgan fingerprint density at radius 1 is 1.11 bits per heavy atom. The number of nitrogens with zero attached hydrogens (tertiary/aromatic N) is 1. The predicted octanol–water partition coefficient (Wildman–Crippen LogP) is 0.480. The first-order chi connectivity index (χ1) is 8.53. The molecule has 0 aromatic carbocycles. The van der Waals surface area contributed by atoms with Gasteiger partial charge in [-0.15, -0.1) is 0 Å². The van der Waals surface area contributed by atoms with Crippen LogP contribution in [0.2, 0.25) is 0 Å². The van der Waals surface area contributed by atoms with Gasteiger partial charge in [0.15, 0.2) is 9.84 Å². The average Bonchev–Trinajstić information content (AvgIpc) is 2.74. The maximum atomic E-state index is 11.4. The highest BCUT2D eigenvalue weighted by Crippen LogP contribution is 2.35. The second-order valence-corrected chi connectivity index (χ2v) is 8.72. The first kappa shape index (κ1) is 12.9. The molecular formula is C13H24N2O2S. The van der Waals surface area contributed by atoms with Crippen LogP contribution in [0.3, 0.4) is 0 Å². The van der Waals surface area contributed by atoms with Gasteiger partial charge in [0.1, 0.15) is 0 Å². The molecule has 2 heterocycles. The molecule has 1 aliphatic carbocycles. The Hall–Kier alpha value is -0.130. The van der Waals surface area contributed by atoms with Crippen LogP contribution in [-0.4, -0.2) is 50.5 Å². The third-order valence-corrected chi connectivity index (χ3v) is 7.00. The van der Waals surface area contributed by atoms with Crippen molar-refractivity contribution in [2.75, 3.05) is 31.1 Å². The Bertz CT molecular complexity index is 395. The summed E-state index contributed by atoms with van der Waals surface area (Å²) in [5.74, 6) is 2.62. The smallest absolute Gasteiger partial charge is 0.150 e. The van der Waals surface area contributed by atoms with E-state index in [0.717, 1.165) is 32.5 Å². The standard InChI is InChI=1S/C13H24N2O2S/c14-13-11-1-2-12(13)8-15(7-11)5-3-10-4-6-18(16,17)9-10/h10-13H,1-9,14H2/t10?,11-,12+,13?. The molecule has 0 aromatic rings. The van der Waals surface area contributed by atoms with Gasteiger partial charge in [0.2, 0.25) is 0 Å². The van der Waals surface area contributed by atoms with E-state index in [1.165, 1.54) is 12.8 Å². The Morgan fingerprint density at radius 2 is 1.78 bits per heavy atom. The quantitative estimate of drug-likeness (QED) is 0.812. The van der Waals surface area contributed by atoms with Crippen LogP contribution < -0.4 is 5.73 Å². The molecule has 0 spiro atoms. The summed E-state index contributed by atoms with van der Waals surface area (Å²) >= 11 is 0. The summed E-state index contributed by atoms with van der Waals surface area (Å²) in [6.07, 6.45) is 4.51. The van der Waals surface area contributed by atoms with Gasteiger partial charge < -0.3 is 10.6 Å². The minimum atomic E-state index is -2.70. The van der Waals surface area contributed by atoms with Crippen molar-refractivity contribution in [3.05, 3.63) is 0 Å². The molecule has 3 rings (SSSR count). The van der Waals surface area contributed by atoms with Crippen molar-refractivity contribution in [3.8, 4) is 0 Å². The number of likely N-dealkylation sites (tertiary alicyclic amines) is 1. The fraction of sp³-hybridized carbons (Fsp3) is 1.00. The van der Waals surface area contributed by atoms with Crippen LogP contribution >= 0.6 is 0 Å². The molecule has 18 heavy (non-hydrogen) atoms. The van der Waals surface area contributed by atoms with E-state index < -0.39 is 9.84 Å². The maximum Gasteiger partial charge on any atom is 0.150 e. The molecule has 0 aromatic heterocycles. The molecule has 2 N–H and O–H groups in total. The van der Waals surface area contributed by atoms with Crippen molar-refractivity contribution in [1.82, 2.24) is 4.90 Å². The second kappa shape index (κ2) is 4.76. The molecule has 0 amide bonds. The highest BCUT2D eigenvalue weighted by molar-refractivity contribution is 7.91. The molecule has 4 nitrogen and oxygen atoms in total. The van der Waals surface area contributed by atoms with Crippen molar-refractivity contribution < 1.29 is 8.42 Å². The van der Waals surface area contributed by atoms with E-state index in [1.807, 2.05) is 0 Å². The van der Waals surface area contributed by atoms with Crippen molar-refractivity contribution in [3.63, 3.8) is 0 Å². The zero-order valence-electron chi connectivity index (χ0n) is 10.9. The van der Waals surface area contributed by atoms with Crippen molar-refractivity contribution in [2.45, 2.75) is 31.7 Å². The third-order valence-electron chi connectivity index (χ3n) is 5.16. The summed E-state index contributed by atoms with van der Waals surface area (Å²) in [7, 11) is -2.70. The molecule has 2 bridgehead atoms. The lowest BCUT2D eigenvalue weighted by molar-refractivity contribution is 0.140. The molecule has 2 aliphatic heterocycles. The van der Waals surface area contributed by atoms with Gasteiger partial charge in [-0.05, 0) is 50.0 Å². The number of rotatable bonds is 3. The third kappa shape index (κ3) is 2.58. The molecule has 104 valence electrons. The lowest BCUT2D eigenvalue weighted by Crippen LogP contribution is -2.49. The van der Waals surface area contributed by atoms with Crippen molar-refractivity contribution in [1.29, 1.82) is 0 Å². The highest BCUT2D eigenvalue weighted by Gasteiger charge is 2.39. The van der Waals surface area contributed by atoms with E-state index in [0.29, 0.717) is 35.3 Å². The van der Waals surface area contributed by atoms with E-state index in [2.05, 4.69) is 4.90 Å². The van der Waals surface area contributed by atoms with Crippen LogP contribution in [0.15, 0.2) is 0 Å². The highest BCUT2D eigenvalue weighted by atomic mass is 32.2. The number of fused-ring (bicyclic) bond motifs is 2. The van der Waals surface area contributed by atoms with Crippen LogP contribution in [-0.2, 0) is 9.84 Å². The van der Waals surface area contributed by atoms with E-state index in [-0.39, 0.29) is 0 Å². The van der Waals surface area contributed by atoms with E-state index in [4.69, 9.17) is 5.73 Å². The van der Waals surface area contributed by atoms with Crippen LogP contribution in [0.5, 0.6) is 0 Å². The molecule has 2 unspecified atom stereocenters. The fourth-order valence-corrected chi connectivity index (χ4v) is 5.92. The van der Waals surface area contributed by atoms with Crippen LogP contribution in [0.1, 0.15) is 25.7 Å². The second-order valence-electron chi connectivity index (χ2n) is 6.49. The lowest BCUT2D eigenvalue weighted by Gasteiger charge is -2.36. The van der Waals surface area contributed by atoms with E-state index >= 15 is 0 Å². The van der Waals surface area contributed by atoms with Gasteiger partial charge in [-0.2, -0.15) is 0 Å². The minimum Gasteiger partial charge on any atom is -0.327 e. The Kier molecular flexibility index (Phi) is 3.41. The number of piperidine rings is 1. The predicted molar refractivity (Wildman–Crippen MR) is 72.0 cm³/mol. The number of nitrogens with two attached hydrogens (primary N) is 1. The van der Waals surface area contributed by atoms with Gasteiger partial charge in [-0.25, -0.2) is 8.42 Å². The summed E-state index contributed by atoms with van der Waals surface area (Å²) in [5.41, 5.74) is 6.19. The normalized spacial score (nSPS) is 43.4. The molecular weight excluding hydrogens is 248 g/mol. The number of sulfone groups is 1. The van der Waals surface area contributed by atoms with Crippen LogP contribution in [0.25, 0.3) is 0 Å². The monoisotopic (exact) mass is 272 g/mol. The summed E-state index contributed by atoms with van der Waals surface area (Å²) < 4.78 is 22.8. The average molecular weight is 272 g/mol. The van der Waals surface area contributed by atoms with Crippen LogP contribution in [0, 0.1) is 17.8 Å². The van der Waals surface area contributed by atoms with Crippen LogP contribution in [0.4, 0.5) is 0 Å². The fourth-order valence-electron chi connectivity index (χ4n) is 4.01. The molecule has 5 heteroatoms. The minimum absolute atomic E-state index is 0.406. The number of hydrogen-bond acceptors (Lipinski definition) is 4. The zero-order chi connectivity index (χ0) is 12.8. The molecule has 3 fully saturated rings. The molecule has 1 saturated carbocycles. The first-order valence-electron chi connectivity index (χ1n) is 7.22. The Balaban J connectivity index is 1.48. The van der Waals surface area contributed by atoms with E-state index in [1.54, 1.807) is 0 Å². The summed E-state index contributed by atoms with van der Waals surface area (Å²) in [6.45, 7) is 3.34. The largest absolute Gasteiger partial charge is 0.327 e. The van der Waals surface area contributed by atoms with Crippen molar-refractivity contribution in [2.24, 2.45) is 23.5 Å². The van der Waals surface area contributed by atoms with Crippen molar-refractivity contribution >= 4 is 9.84 Å². The summed E-state index contributed by atoms with van der Waals surface area (Å²) in [5, 5.41) is 0. The summed E-state index contributed by atoms with van der Waals surface area (Å²) in [4.78, 5) is 2.52. The molecule has 3 aliphatic rings. The number of hydrogen-bond donors (Lipinski definition) is 1. The van der Waals surface area contributed by atoms with E-state index in [9.17, 15) is 8.42 Å². The Labute approximate surface area is 110 Å². The maximum absolute atomic E-state index is 11.4. The molecule has 0 radical (unpaired) electrons. The molecule has 2 saturated heterocycles. The van der Waals surface area contributed by atoms with Gasteiger partial charge >= 0.3 is 0 Å². The van der Waals surface area contributed by atoms with Gasteiger partial charge in [0.25, 0.3) is 0 Å². The van der Waals surface area contributed by atoms with Gasteiger partial charge in [0, 0.05) is 19.1 Å². The van der Waals surface area contributed by atoms with Gasteiger partial charge in [-0.3, -0.25) is 0 Å². The first-order valence-corrected chi connectivity index (χ1v) is 9.04. The lowest BCUT2D eigenvalue weighted by atomic mass is 9.92. The summed E-state index contributed by atoms with van der Waals surface area (Å²) in [6, 6.07) is 0.424. The Morgan fingerprint density at radius 3 is 2.33 bits per heavy atom. The van der Waals surface area contributed by atoms with Gasteiger partial charge in [-0.1, -0.05) is 0 Å². The zero-order valence-corrected chi connectivity index (χ0v) is 11.7. The SMILES string of the molecule is NC1[C@@H]2CC[C@H]1CN(CCC1CCS(=O)(=O)C1)C2.